The maximum absolute atomic E-state index is 12.6. The summed E-state index contributed by atoms with van der Waals surface area (Å²) in [6.07, 6.45) is 2.02. The predicted octanol–water partition coefficient (Wildman–Crippen LogP) is 3.99. The average molecular weight is 406 g/mol. The molecule has 1 aliphatic rings. The molecule has 0 saturated carbocycles. The lowest BCUT2D eigenvalue weighted by Crippen LogP contribution is -2.31. The second-order valence-electron chi connectivity index (χ2n) is 4.54. The standard InChI is InChI=1S/C13H9Cl2N3O2S3/c1-21-12-16-17-13(23-12)22-9-5-10(19)18(11(9)20)8-3-6(14)2-7(15)4-8/h2-4,9H,5H2,1H3/t9-/m1/s1. The summed E-state index contributed by atoms with van der Waals surface area (Å²) in [7, 11) is 0. The van der Waals surface area contributed by atoms with Crippen LogP contribution in [0, 0.1) is 0 Å². The fourth-order valence-electron chi connectivity index (χ4n) is 2.08. The summed E-state index contributed by atoms with van der Waals surface area (Å²) < 4.78 is 1.49. The lowest BCUT2D eigenvalue weighted by atomic mass is 10.3. The normalized spacial score (nSPS) is 18.0. The Hall–Kier alpha value is -0.800. The first-order valence-corrected chi connectivity index (χ1v) is 10.0. The third kappa shape index (κ3) is 3.66. The summed E-state index contributed by atoms with van der Waals surface area (Å²) in [5.41, 5.74) is 0.391. The molecule has 0 bridgehead atoms. The number of carbonyl (C=O) groups is 2. The lowest BCUT2D eigenvalue weighted by molar-refractivity contribution is -0.121. The van der Waals surface area contributed by atoms with Gasteiger partial charge in [-0.3, -0.25) is 9.59 Å². The Labute approximate surface area is 154 Å². The second-order valence-corrected chi connectivity index (χ2v) is 8.90. The molecule has 1 fully saturated rings. The minimum absolute atomic E-state index is 0.113. The highest BCUT2D eigenvalue weighted by Crippen LogP contribution is 2.37. The molecule has 2 heterocycles. The number of hydrogen-bond donors (Lipinski definition) is 0. The summed E-state index contributed by atoms with van der Waals surface area (Å²) in [5, 5.41) is 8.24. The van der Waals surface area contributed by atoms with E-state index < -0.39 is 5.25 Å². The topological polar surface area (TPSA) is 63.2 Å². The van der Waals surface area contributed by atoms with Crippen LogP contribution >= 0.6 is 58.1 Å². The van der Waals surface area contributed by atoms with Crippen LogP contribution in [-0.2, 0) is 9.59 Å². The number of thioether (sulfide) groups is 2. The van der Waals surface area contributed by atoms with Gasteiger partial charge in [0, 0.05) is 16.5 Å². The van der Waals surface area contributed by atoms with Gasteiger partial charge in [0.2, 0.25) is 11.8 Å². The van der Waals surface area contributed by atoms with Crippen LogP contribution in [0.25, 0.3) is 0 Å². The van der Waals surface area contributed by atoms with Gasteiger partial charge in [0.15, 0.2) is 8.68 Å². The zero-order valence-electron chi connectivity index (χ0n) is 11.7. The Kier molecular flexibility index (Phi) is 5.17. The van der Waals surface area contributed by atoms with Crippen molar-refractivity contribution < 1.29 is 9.59 Å². The predicted molar refractivity (Wildman–Crippen MR) is 94.9 cm³/mol. The molecule has 0 N–H and O–H groups in total. The van der Waals surface area contributed by atoms with Gasteiger partial charge in [-0.1, -0.05) is 58.1 Å². The molecule has 1 aliphatic heterocycles. The summed E-state index contributed by atoms with van der Waals surface area (Å²) in [4.78, 5) is 25.9. The Morgan fingerprint density at radius 2 is 1.83 bits per heavy atom. The van der Waals surface area contributed by atoms with Crippen molar-refractivity contribution in [2.45, 2.75) is 20.4 Å². The van der Waals surface area contributed by atoms with Crippen molar-refractivity contribution in [2.24, 2.45) is 0 Å². The summed E-state index contributed by atoms with van der Waals surface area (Å²) >= 11 is 16.1. The van der Waals surface area contributed by atoms with E-state index in [9.17, 15) is 9.59 Å². The van der Waals surface area contributed by atoms with Gasteiger partial charge in [0.1, 0.15) is 5.25 Å². The molecule has 5 nitrogen and oxygen atoms in total. The molecule has 2 amide bonds. The molecule has 0 unspecified atom stereocenters. The molecular formula is C13H9Cl2N3O2S3. The maximum atomic E-state index is 12.6. The second kappa shape index (κ2) is 6.98. The third-order valence-corrected chi connectivity index (χ3v) is 6.62. The molecule has 0 aliphatic carbocycles. The zero-order chi connectivity index (χ0) is 16.6. The molecule has 1 atom stereocenters. The van der Waals surface area contributed by atoms with Crippen LogP contribution in [-0.4, -0.2) is 33.5 Å². The van der Waals surface area contributed by atoms with Gasteiger partial charge in [0.05, 0.1) is 5.69 Å². The number of imide groups is 1. The zero-order valence-corrected chi connectivity index (χ0v) is 15.6. The number of benzene rings is 1. The van der Waals surface area contributed by atoms with Crippen molar-refractivity contribution in [1.82, 2.24) is 10.2 Å². The van der Waals surface area contributed by atoms with Gasteiger partial charge in [-0.05, 0) is 24.5 Å². The van der Waals surface area contributed by atoms with Gasteiger partial charge >= 0.3 is 0 Å². The summed E-state index contributed by atoms with van der Waals surface area (Å²) in [6, 6.07) is 4.65. The fourth-order valence-corrected chi connectivity index (χ4v) is 5.30. The number of anilines is 1. The Balaban J connectivity index is 1.82. The van der Waals surface area contributed by atoms with Gasteiger partial charge in [-0.2, -0.15) is 0 Å². The minimum atomic E-state index is -0.511. The van der Waals surface area contributed by atoms with E-state index in [-0.39, 0.29) is 18.2 Å². The number of nitrogens with zero attached hydrogens (tertiary/aromatic N) is 3. The molecule has 2 aromatic rings. The molecule has 23 heavy (non-hydrogen) atoms. The number of hydrogen-bond acceptors (Lipinski definition) is 7. The number of amides is 2. The quantitative estimate of drug-likeness (QED) is 0.565. The summed E-state index contributed by atoms with van der Waals surface area (Å²) in [6.45, 7) is 0. The lowest BCUT2D eigenvalue weighted by Gasteiger charge is -2.15. The molecule has 0 spiro atoms. The van der Waals surface area contributed by atoms with Gasteiger partial charge in [0.25, 0.3) is 0 Å². The van der Waals surface area contributed by atoms with Crippen LogP contribution in [0.2, 0.25) is 10.0 Å². The first-order valence-electron chi connectivity index (χ1n) is 6.35. The average Bonchev–Trinajstić information content (AvgIpc) is 3.03. The van der Waals surface area contributed by atoms with Crippen LogP contribution in [0.3, 0.4) is 0 Å². The highest BCUT2D eigenvalue weighted by molar-refractivity contribution is 8.03. The van der Waals surface area contributed by atoms with Crippen molar-refractivity contribution >= 4 is 75.6 Å². The number of halogens is 2. The Morgan fingerprint density at radius 3 is 2.43 bits per heavy atom. The highest BCUT2D eigenvalue weighted by Gasteiger charge is 2.41. The molecule has 3 rings (SSSR count). The van der Waals surface area contributed by atoms with Crippen molar-refractivity contribution in [1.29, 1.82) is 0 Å². The first kappa shape index (κ1) is 17.0. The van der Waals surface area contributed by atoms with E-state index in [0.717, 1.165) is 9.24 Å². The van der Waals surface area contributed by atoms with E-state index in [4.69, 9.17) is 23.2 Å². The van der Waals surface area contributed by atoms with Crippen LogP contribution in [0.4, 0.5) is 5.69 Å². The summed E-state index contributed by atoms with van der Waals surface area (Å²) in [5.74, 6) is -0.570. The molecule has 0 radical (unpaired) electrons. The smallest absolute Gasteiger partial charge is 0.247 e. The Morgan fingerprint density at radius 1 is 1.17 bits per heavy atom. The monoisotopic (exact) mass is 405 g/mol. The van der Waals surface area contributed by atoms with Crippen LogP contribution in [0.1, 0.15) is 6.42 Å². The van der Waals surface area contributed by atoms with E-state index in [1.807, 2.05) is 6.26 Å². The van der Waals surface area contributed by atoms with E-state index >= 15 is 0 Å². The van der Waals surface area contributed by atoms with Crippen molar-refractivity contribution in [3.05, 3.63) is 28.2 Å². The maximum Gasteiger partial charge on any atom is 0.247 e. The largest absolute Gasteiger partial charge is 0.274 e. The number of aromatic nitrogens is 2. The molecule has 1 aromatic heterocycles. The number of carbonyl (C=O) groups excluding carboxylic acids is 2. The molecule has 1 saturated heterocycles. The van der Waals surface area contributed by atoms with Crippen LogP contribution in [0.5, 0.6) is 0 Å². The van der Waals surface area contributed by atoms with Crippen molar-refractivity contribution in [3.8, 4) is 0 Å². The Bertz CT molecular complexity index is 763. The van der Waals surface area contributed by atoms with Crippen LogP contribution in [0.15, 0.2) is 26.9 Å². The third-order valence-electron chi connectivity index (χ3n) is 3.02. The van der Waals surface area contributed by atoms with Gasteiger partial charge in [-0.15, -0.1) is 10.2 Å². The molecule has 1 aromatic carbocycles. The van der Waals surface area contributed by atoms with Gasteiger partial charge in [-0.25, -0.2) is 4.90 Å². The van der Waals surface area contributed by atoms with E-state index in [2.05, 4.69) is 10.2 Å². The SMILES string of the molecule is CSc1nnc(S[C@@H]2CC(=O)N(c3cc(Cl)cc(Cl)c3)C2=O)s1. The number of rotatable bonds is 4. The molecular weight excluding hydrogens is 397 g/mol. The fraction of sp³-hybridized carbons (Fsp3) is 0.231. The van der Waals surface area contributed by atoms with Gasteiger partial charge < -0.3 is 0 Å². The van der Waals surface area contributed by atoms with E-state index in [1.165, 1.54) is 34.9 Å². The van der Waals surface area contributed by atoms with E-state index in [0.29, 0.717) is 20.1 Å². The molecule has 120 valence electrons. The van der Waals surface area contributed by atoms with Crippen molar-refractivity contribution in [2.75, 3.05) is 11.2 Å². The van der Waals surface area contributed by atoms with E-state index in [1.54, 1.807) is 18.2 Å². The molecule has 10 heteroatoms. The minimum Gasteiger partial charge on any atom is -0.274 e. The first-order chi connectivity index (χ1) is 11.0. The van der Waals surface area contributed by atoms with Crippen LogP contribution < -0.4 is 4.90 Å². The van der Waals surface area contributed by atoms with Crippen molar-refractivity contribution in [3.63, 3.8) is 0 Å². The highest BCUT2D eigenvalue weighted by atomic mass is 35.5.